The van der Waals surface area contributed by atoms with Gasteiger partial charge in [-0.05, 0) is 31.0 Å². The highest BCUT2D eigenvalue weighted by molar-refractivity contribution is 5.17. The predicted molar refractivity (Wildman–Crippen MR) is 63.5 cm³/mol. The summed E-state index contributed by atoms with van der Waals surface area (Å²) in [5.41, 5.74) is 5.87. The normalized spacial score (nSPS) is 11.8. The van der Waals surface area contributed by atoms with Crippen LogP contribution in [0, 0.1) is 11.6 Å². The highest BCUT2D eigenvalue weighted by atomic mass is 19.1. The Balaban J connectivity index is 2.53. The third-order valence-corrected chi connectivity index (χ3v) is 3.06. The fraction of sp³-hybridized carbons (Fsp3) is 0.538. The van der Waals surface area contributed by atoms with Gasteiger partial charge < -0.3 is 10.5 Å². The zero-order valence-electron chi connectivity index (χ0n) is 10.3. The molecule has 0 amide bonds. The van der Waals surface area contributed by atoms with Crippen molar-refractivity contribution in [3.63, 3.8) is 0 Å². The number of benzene rings is 1. The second-order valence-electron chi connectivity index (χ2n) is 4.30. The fourth-order valence-corrected chi connectivity index (χ4v) is 1.47. The lowest BCUT2D eigenvalue weighted by Crippen LogP contribution is -2.43. The maximum Gasteiger partial charge on any atom is 0.128 e. The van der Waals surface area contributed by atoms with Gasteiger partial charge in [0.1, 0.15) is 11.6 Å². The van der Waals surface area contributed by atoms with E-state index in [2.05, 4.69) is 0 Å². The Labute approximate surface area is 101 Å². The lowest BCUT2D eigenvalue weighted by atomic mass is 9.96. The first-order valence-corrected chi connectivity index (χ1v) is 5.81. The Morgan fingerprint density at radius 1 is 1.24 bits per heavy atom. The van der Waals surface area contributed by atoms with Crippen molar-refractivity contribution in [1.29, 1.82) is 0 Å². The second kappa shape index (κ2) is 6.07. The molecule has 0 atom stereocenters. The molecule has 0 saturated heterocycles. The van der Waals surface area contributed by atoms with Crippen LogP contribution in [-0.4, -0.2) is 12.1 Å². The van der Waals surface area contributed by atoms with Gasteiger partial charge in [-0.3, -0.25) is 0 Å². The van der Waals surface area contributed by atoms with Gasteiger partial charge in [-0.15, -0.1) is 0 Å². The molecule has 1 aromatic rings. The summed E-state index contributed by atoms with van der Waals surface area (Å²) < 4.78 is 31.5. The van der Waals surface area contributed by atoms with Crippen LogP contribution in [0.2, 0.25) is 0 Å². The molecule has 1 rings (SSSR count). The van der Waals surface area contributed by atoms with Crippen LogP contribution >= 0.6 is 0 Å². The molecule has 0 aliphatic carbocycles. The molecule has 17 heavy (non-hydrogen) atoms. The quantitative estimate of drug-likeness (QED) is 0.833. The lowest BCUT2D eigenvalue weighted by Gasteiger charge is -2.26. The minimum Gasteiger partial charge on any atom is -0.375 e. The topological polar surface area (TPSA) is 35.2 Å². The number of rotatable bonds is 6. The standard InChI is InChI=1S/C13H19F2NO/c1-3-13(16,4-2)9-17-8-10-7-11(14)5-6-12(10)15/h5-7H,3-4,8-9,16H2,1-2H3. The Hall–Kier alpha value is -1.00. The molecule has 0 radical (unpaired) electrons. The van der Waals surface area contributed by atoms with Crippen LogP contribution in [0.4, 0.5) is 8.78 Å². The molecule has 2 N–H and O–H groups in total. The third kappa shape index (κ3) is 4.06. The van der Waals surface area contributed by atoms with Gasteiger partial charge in [0.05, 0.1) is 13.2 Å². The largest absolute Gasteiger partial charge is 0.375 e. The zero-order valence-corrected chi connectivity index (χ0v) is 10.3. The predicted octanol–water partition coefficient (Wildman–Crippen LogP) is 3.00. The summed E-state index contributed by atoms with van der Waals surface area (Å²) in [5.74, 6) is -0.919. The summed E-state index contributed by atoms with van der Waals surface area (Å²) >= 11 is 0. The average Bonchev–Trinajstić information content (AvgIpc) is 2.33. The van der Waals surface area contributed by atoms with Crippen molar-refractivity contribution < 1.29 is 13.5 Å². The van der Waals surface area contributed by atoms with Crippen LogP contribution in [0.15, 0.2) is 18.2 Å². The molecule has 0 aromatic heterocycles. The first kappa shape index (κ1) is 14.1. The number of halogens is 2. The van der Waals surface area contributed by atoms with Crippen LogP contribution < -0.4 is 5.73 Å². The Kier molecular flexibility index (Phi) is 5.02. The summed E-state index contributed by atoms with van der Waals surface area (Å²) in [5, 5.41) is 0. The smallest absolute Gasteiger partial charge is 0.128 e. The van der Waals surface area contributed by atoms with Crippen molar-refractivity contribution in [3.8, 4) is 0 Å². The Morgan fingerprint density at radius 2 is 1.88 bits per heavy atom. The molecule has 0 aliphatic rings. The maximum absolute atomic E-state index is 13.3. The molecular weight excluding hydrogens is 224 g/mol. The molecule has 0 saturated carbocycles. The van der Waals surface area contributed by atoms with E-state index in [-0.39, 0.29) is 17.7 Å². The van der Waals surface area contributed by atoms with Gasteiger partial charge in [0, 0.05) is 11.1 Å². The van der Waals surface area contributed by atoms with E-state index in [9.17, 15) is 8.78 Å². The van der Waals surface area contributed by atoms with E-state index in [0.717, 1.165) is 31.0 Å². The van der Waals surface area contributed by atoms with Crippen LogP contribution in [0.1, 0.15) is 32.3 Å². The molecule has 0 bridgehead atoms. The minimum absolute atomic E-state index is 0.0442. The monoisotopic (exact) mass is 243 g/mol. The van der Waals surface area contributed by atoms with Gasteiger partial charge >= 0.3 is 0 Å². The van der Waals surface area contributed by atoms with Gasteiger partial charge in [-0.2, -0.15) is 0 Å². The number of hydrogen-bond donors (Lipinski definition) is 1. The Bertz CT molecular complexity index is 364. The first-order chi connectivity index (χ1) is 8.00. The summed E-state index contributed by atoms with van der Waals surface area (Å²) in [7, 11) is 0. The molecular formula is C13H19F2NO. The van der Waals surface area contributed by atoms with Gasteiger partial charge in [-0.1, -0.05) is 13.8 Å². The number of nitrogens with two attached hydrogens (primary N) is 1. The van der Waals surface area contributed by atoms with Gasteiger partial charge in [0.25, 0.3) is 0 Å². The summed E-state index contributed by atoms with van der Waals surface area (Å²) in [6.45, 7) is 4.35. The van der Waals surface area contributed by atoms with Crippen molar-refractivity contribution in [2.45, 2.75) is 38.8 Å². The molecule has 96 valence electrons. The van der Waals surface area contributed by atoms with Gasteiger partial charge in [0.2, 0.25) is 0 Å². The zero-order chi connectivity index (χ0) is 12.9. The lowest BCUT2D eigenvalue weighted by molar-refractivity contribution is 0.0679. The number of ether oxygens (including phenoxy) is 1. The molecule has 2 nitrogen and oxygen atoms in total. The van der Waals surface area contributed by atoms with Crippen molar-refractivity contribution in [2.75, 3.05) is 6.61 Å². The maximum atomic E-state index is 13.3. The van der Waals surface area contributed by atoms with Crippen molar-refractivity contribution >= 4 is 0 Å². The third-order valence-electron chi connectivity index (χ3n) is 3.06. The first-order valence-electron chi connectivity index (χ1n) is 5.81. The highest BCUT2D eigenvalue weighted by Crippen LogP contribution is 2.15. The average molecular weight is 243 g/mol. The minimum atomic E-state index is -0.463. The fourth-order valence-electron chi connectivity index (χ4n) is 1.47. The van der Waals surface area contributed by atoms with Crippen molar-refractivity contribution in [1.82, 2.24) is 0 Å². The van der Waals surface area contributed by atoms with E-state index in [0.29, 0.717) is 6.61 Å². The summed E-state index contributed by atoms with van der Waals surface area (Å²) in [6.07, 6.45) is 1.57. The van der Waals surface area contributed by atoms with E-state index in [1.807, 2.05) is 13.8 Å². The summed E-state index contributed by atoms with van der Waals surface area (Å²) in [6, 6.07) is 3.33. The molecule has 4 heteroatoms. The SMILES string of the molecule is CCC(N)(CC)COCc1cc(F)ccc1F. The molecule has 0 aliphatic heterocycles. The van der Waals surface area contributed by atoms with Crippen LogP contribution in [0.5, 0.6) is 0 Å². The van der Waals surface area contributed by atoms with E-state index in [1.165, 1.54) is 0 Å². The van der Waals surface area contributed by atoms with E-state index in [4.69, 9.17) is 10.5 Å². The highest BCUT2D eigenvalue weighted by Gasteiger charge is 2.20. The number of hydrogen-bond acceptors (Lipinski definition) is 2. The molecule has 1 aromatic carbocycles. The molecule has 0 unspecified atom stereocenters. The van der Waals surface area contributed by atoms with E-state index in [1.54, 1.807) is 0 Å². The van der Waals surface area contributed by atoms with Crippen molar-refractivity contribution in [3.05, 3.63) is 35.4 Å². The summed E-state index contributed by atoms with van der Waals surface area (Å²) in [4.78, 5) is 0. The van der Waals surface area contributed by atoms with E-state index < -0.39 is 11.6 Å². The van der Waals surface area contributed by atoms with Crippen molar-refractivity contribution in [2.24, 2.45) is 5.73 Å². The molecule has 0 spiro atoms. The molecule has 0 fully saturated rings. The van der Waals surface area contributed by atoms with E-state index >= 15 is 0 Å². The molecule has 0 heterocycles. The van der Waals surface area contributed by atoms with Gasteiger partial charge in [0.15, 0.2) is 0 Å². The van der Waals surface area contributed by atoms with Crippen LogP contribution in [0.25, 0.3) is 0 Å². The van der Waals surface area contributed by atoms with Crippen LogP contribution in [-0.2, 0) is 11.3 Å². The van der Waals surface area contributed by atoms with Crippen LogP contribution in [0.3, 0.4) is 0 Å². The van der Waals surface area contributed by atoms with Gasteiger partial charge in [-0.25, -0.2) is 8.78 Å². The second-order valence-corrected chi connectivity index (χ2v) is 4.30. The Morgan fingerprint density at radius 3 is 2.47 bits per heavy atom.